The summed E-state index contributed by atoms with van der Waals surface area (Å²) in [5.41, 5.74) is 1.26. The van der Waals surface area contributed by atoms with Gasteiger partial charge in [-0.05, 0) is 44.5 Å². The minimum atomic E-state index is -0.599. The highest BCUT2D eigenvalue weighted by Crippen LogP contribution is 2.21. The maximum absolute atomic E-state index is 12.2. The van der Waals surface area contributed by atoms with Crippen LogP contribution in [0.4, 0.5) is 16.2 Å². The Morgan fingerprint density at radius 3 is 2.13 bits per heavy atom. The van der Waals surface area contributed by atoms with Crippen molar-refractivity contribution in [2.45, 2.75) is 32.8 Å². The first kappa shape index (κ1) is 22.7. The van der Waals surface area contributed by atoms with Gasteiger partial charge in [0, 0.05) is 19.0 Å². The number of hydrogen-bond donors (Lipinski definition) is 3. The monoisotopic (exact) mass is 409 g/mol. The Morgan fingerprint density at radius 2 is 1.50 bits per heavy atom. The SMILES string of the molecule is CC(C)(C)OC(=O)NCCC(=O)Nc1ccccc1NC(=O)/C=C/c1ccccc1. The van der Waals surface area contributed by atoms with Crippen LogP contribution in [0, 0.1) is 0 Å². The van der Waals surface area contributed by atoms with Gasteiger partial charge >= 0.3 is 6.09 Å². The predicted octanol–water partition coefficient (Wildman–Crippen LogP) is 4.19. The van der Waals surface area contributed by atoms with E-state index in [9.17, 15) is 14.4 Å². The van der Waals surface area contributed by atoms with Crippen LogP contribution in [-0.2, 0) is 14.3 Å². The van der Waals surface area contributed by atoms with Crippen LogP contribution in [0.25, 0.3) is 6.08 Å². The number of rotatable bonds is 7. The Hall–Kier alpha value is -3.61. The van der Waals surface area contributed by atoms with Crippen LogP contribution in [0.1, 0.15) is 32.8 Å². The van der Waals surface area contributed by atoms with E-state index < -0.39 is 11.7 Å². The molecule has 30 heavy (non-hydrogen) atoms. The van der Waals surface area contributed by atoms with E-state index in [-0.39, 0.29) is 24.8 Å². The molecule has 0 saturated carbocycles. The van der Waals surface area contributed by atoms with Crippen LogP contribution in [0.5, 0.6) is 0 Å². The summed E-state index contributed by atoms with van der Waals surface area (Å²) in [4.78, 5) is 36.0. The van der Waals surface area contributed by atoms with E-state index in [4.69, 9.17) is 4.74 Å². The molecule has 0 bridgehead atoms. The van der Waals surface area contributed by atoms with Crippen molar-refractivity contribution in [2.75, 3.05) is 17.2 Å². The summed E-state index contributed by atoms with van der Waals surface area (Å²) in [7, 11) is 0. The zero-order chi connectivity index (χ0) is 22.0. The van der Waals surface area contributed by atoms with Gasteiger partial charge in [-0.3, -0.25) is 9.59 Å². The summed E-state index contributed by atoms with van der Waals surface area (Å²) in [6.07, 6.45) is 2.63. The number of carbonyl (C=O) groups excluding carboxylic acids is 3. The number of anilines is 2. The lowest BCUT2D eigenvalue weighted by molar-refractivity contribution is -0.116. The summed E-state index contributed by atoms with van der Waals surface area (Å²) < 4.78 is 5.12. The predicted molar refractivity (Wildman–Crippen MR) is 118 cm³/mol. The molecule has 0 aliphatic carbocycles. The lowest BCUT2D eigenvalue weighted by Gasteiger charge is -2.19. The molecule has 0 aromatic heterocycles. The number of para-hydroxylation sites is 2. The molecule has 0 aliphatic rings. The molecule has 0 saturated heterocycles. The smallest absolute Gasteiger partial charge is 0.407 e. The second kappa shape index (κ2) is 10.8. The quantitative estimate of drug-likeness (QED) is 0.597. The van der Waals surface area contributed by atoms with Gasteiger partial charge in [0.2, 0.25) is 11.8 Å². The summed E-state index contributed by atoms with van der Waals surface area (Å²) in [6.45, 7) is 5.42. The molecule has 0 spiro atoms. The average Bonchev–Trinajstić information content (AvgIpc) is 2.67. The largest absolute Gasteiger partial charge is 0.444 e. The zero-order valence-electron chi connectivity index (χ0n) is 17.4. The van der Waals surface area contributed by atoms with E-state index in [1.54, 1.807) is 51.1 Å². The first-order chi connectivity index (χ1) is 14.2. The second-order valence-corrected chi connectivity index (χ2v) is 7.51. The summed E-state index contributed by atoms with van der Waals surface area (Å²) in [5, 5.41) is 8.03. The molecular formula is C23H27N3O4. The van der Waals surface area contributed by atoms with E-state index in [2.05, 4.69) is 16.0 Å². The van der Waals surface area contributed by atoms with Crippen molar-refractivity contribution in [3.63, 3.8) is 0 Å². The third-order valence-corrected chi connectivity index (χ3v) is 3.71. The average molecular weight is 409 g/mol. The number of carbonyl (C=O) groups is 3. The van der Waals surface area contributed by atoms with E-state index in [1.165, 1.54) is 6.08 Å². The third-order valence-electron chi connectivity index (χ3n) is 3.71. The third kappa shape index (κ3) is 8.60. The Balaban J connectivity index is 1.87. The topological polar surface area (TPSA) is 96.5 Å². The zero-order valence-corrected chi connectivity index (χ0v) is 17.4. The standard InChI is InChI=1S/C23H27N3O4/c1-23(2,3)30-22(29)24-16-15-21(28)26-19-12-8-7-11-18(19)25-20(27)14-13-17-9-5-4-6-10-17/h4-14H,15-16H2,1-3H3,(H,24,29)(H,25,27)(H,26,28)/b14-13+. The Morgan fingerprint density at radius 1 is 0.900 bits per heavy atom. The fourth-order valence-corrected chi connectivity index (χ4v) is 2.42. The van der Waals surface area contributed by atoms with Gasteiger partial charge in [0.1, 0.15) is 5.60 Å². The van der Waals surface area contributed by atoms with Gasteiger partial charge in [0.25, 0.3) is 0 Å². The molecule has 7 heteroatoms. The van der Waals surface area contributed by atoms with Crippen LogP contribution in [0.3, 0.4) is 0 Å². The van der Waals surface area contributed by atoms with Crippen LogP contribution in [0.2, 0.25) is 0 Å². The van der Waals surface area contributed by atoms with E-state index >= 15 is 0 Å². The molecule has 0 atom stereocenters. The molecule has 158 valence electrons. The van der Waals surface area contributed by atoms with Gasteiger partial charge in [-0.15, -0.1) is 0 Å². The normalized spacial score (nSPS) is 11.0. The van der Waals surface area contributed by atoms with Crippen molar-refractivity contribution in [3.05, 3.63) is 66.2 Å². The Bertz CT molecular complexity index is 902. The first-order valence-electron chi connectivity index (χ1n) is 9.63. The lowest BCUT2D eigenvalue weighted by Crippen LogP contribution is -2.34. The van der Waals surface area contributed by atoms with Crippen LogP contribution < -0.4 is 16.0 Å². The Labute approximate surface area is 176 Å². The molecule has 0 unspecified atom stereocenters. The Kier molecular flexibility index (Phi) is 8.17. The number of alkyl carbamates (subject to hydrolysis) is 1. The van der Waals surface area contributed by atoms with Gasteiger partial charge in [-0.25, -0.2) is 4.79 Å². The molecule has 3 amide bonds. The van der Waals surface area contributed by atoms with Crippen molar-refractivity contribution in [1.82, 2.24) is 5.32 Å². The molecule has 0 fully saturated rings. The number of benzene rings is 2. The van der Waals surface area contributed by atoms with Crippen molar-refractivity contribution in [2.24, 2.45) is 0 Å². The molecule has 3 N–H and O–H groups in total. The van der Waals surface area contributed by atoms with Crippen molar-refractivity contribution in [3.8, 4) is 0 Å². The minimum absolute atomic E-state index is 0.0649. The molecule has 0 aliphatic heterocycles. The molecule has 2 aromatic carbocycles. The summed E-state index contributed by atoms with van der Waals surface area (Å²) in [5.74, 6) is -0.611. The highest BCUT2D eigenvalue weighted by Gasteiger charge is 2.16. The number of hydrogen-bond acceptors (Lipinski definition) is 4. The first-order valence-corrected chi connectivity index (χ1v) is 9.63. The van der Waals surface area contributed by atoms with Crippen LogP contribution in [0.15, 0.2) is 60.7 Å². The second-order valence-electron chi connectivity index (χ2n) is 7.51. The summed E-state index contributed by atoms with van der Waals surface area (Å²) >= 11 is 0. The number of nitrogens with one attached hydrogen (secondary N) is 3. The van der Waals surface area contributed by atoms with Crippen molar-refractivity contribution < 1.29 is 19.1 Å². The van der Waals surface area contributed by atoms with Crippen LogP contribution >= 0.6 is 0 Å². The van der Waals surface area contributed by atoms with Gasteiger partial charge in [0.05, 0.1) is 11.4 Å². The fourth-order valence-electron chi connectivity index (χ4n) is 2.42. The fraction of sp³-hybridized carbons (Fsp3) is 0.261. The van der Waals surface area contributed by atoms with Crippen LogP contribution in [-0.4, -0.2) is 30.1 Å². The molecule has 2 rings (SSSR count). The highest BCUT2D eigenvalue weighted by molar-refractivity contribution is 6.05. The maximum atomic E-state index is 12.2. The van der Waals surface area contributed by atoms with E-state index in [0.29, 0.717) is 11.4 Å². The van der Waals surface area contributed by atoms with Crippen molar-refractivity contribution >= 4 is 35.4 Å². The van der Waals surface area contributed by atoms with Gasteiger partial charge < -0.3 is 20.7 Å². The maximum Gasteiger partial charge on any atom is 0.407 e. The van der Waals surface area contributed by atoms with Gasteiger partial charge in [0.15, 0.2) is 0 Å². The van der Waals surface area contributed by atoms with Crippen molar-refractivity contribution in [1.29, 1.82) is 0 Å². The lowest BCUT2D eigenvalue weighted by atomic mass is 10.2. The molecule has 0 heterocycles. The van der Waals surface area contributed by atoms with E-state index in [0.717, 1.165) is 5.56 Å². The highest BCUT2D eigenvalue weighted by atomic mass is 16.6. The van der Waals surface area contributed by atoms with Gasteiger partial charge in [-0.1, -0.05) is 42.5 Å². The minimum Gasteiger partial charge on any atom is -0.444 e. The van der Waals surface area contributed by atoms with Gasteiger partial charge in [-0.2, -0.15) is 0 Å². The molecule has 2 aromatic rings. The number of ether oxygens (including phenoxy) is 1. The molecule has 0 radical (unpaired) electrons. The summed E-state index contributed by atoms with van der Waals surface area (Å²) in [6, 6.07) is 16.4. The van der Waals surface area contributed by atoms with E-state index in [1.807, 2.05) is 30.3 Å². The number of amides is 3. The molecular weight excluding hydrogens is 382 g/mol. The molecule has 7 nitrogen and oxygen atoms in total.